The molecule has 5 atom stereocenters. The second-order valence-electron chi connectivity index (χ2n) is 9.17. The molecule has 0 aliphatic rings. The number of hydrogen-bond acceptors (Lipinski definition) is 6. The number of aromatic hydroxyl groups is 1. The first-order valence-corrected chi connectivity index (χ1v) is 12.2. The van der Waals surface area contributed by atoms with E-state index in [0.717, 1.165) is 11.1 Å². The van der Waals surface area contributed by atoms with Crippen LogP contribution in [-0.2, 0) is 32.0 Å². The smallest absolute Gasteiger partial charge is 0.325 e. The molecule has 0 heterocycles. The van der Waals surface area contributed by atoms with E-state index in [4.69, 9.17) is 10.8 Å². The van der Waals surface area contributed by atoms with Gasteiger partial charge in [0.1, 0.15) is 23.9 Å². The lowest BCUT2D eigenvalue weighted by Crippen LogP contribution is -2.59. The maximum absolute atomic E-state index is 13.4. The molecule has 0 aliphatic heterocycles. The van der Waals surface area contributed by atoms with Crippen LogP contribution in [0.1, 0.15) is 38.3 Å². The van der Waals surface area contributed by atoms with Gasteiger partial charge in [0.05, 0.1) is 6.04 Å². The minimum atomic E-state index is -1.19. The minimum Gasteiger partial charge on any atom is -0.508 e. The Balaban J connectivity index is 2.20. The molecule has 0 aromatic heterocycles. The number of hydrogen-bond donors (Lipinski definition) is 6. The number of carbonyl (C=O) groups excluding carboxylic acids is 3. The number of benzene rings is 2. The van der Waals surface area contributed by atoms with Crippen molar-refractivity contribution in [2.24, 2.45) is 11.7 Å². The third kappa shape index (κ3) is 9.23. The van der Waals surface area contributed by atoms with Crippen molar-refractivity contribution >= 4 is 23.7 Å². The molecule has 2 rings (SSSR count). The third-order valence-corrected chi connectivity index (χ3v) is 6.17. The van der Waals surface area contributed by atoms with Crippen LogP contribution in [0.3, 0.4) is 0 Å². The van der Waals surface area contributed by atoms with Crippen molar-refractivity contribution in [3.63, 3.8) is 0 Å². The second-order valence-corrected chi connectivity index (χ2v) is 9.17. The van der Waals surface area contributed by atoms with Gasteiger partial charge in [0.15, 0.2) is 0 Å². The lowest BCUT2D eigenvalue weighted by Gasteiger charge is -2.27. The standard InChI is InChI=1S/C27H36N4O6/c1-4-16(2)23(26(35)29-17(3)27(36)37)31-25(34)22(15-18-8-6-5-7-9-18)30-24(33)21(28)14-19-10-12-20(32)13-11-19/h5-13,16-17,21-23,32H,4,14-15,28H2,1-3H3,(H,29,35)(H,30,33)(H,31,34)(H,36,37). The summed E-state index contributed by atoms with van der Waals surface area (Å²) in [5.74, 6) is -3.15. The van der Waals surface area contributed by atoms with Crippen LogP contribution in [-0.4, -0.2) is 58.1 Å². The van der Waals surface area contributed by atoms with Crippen molar-refractivity contribution in [1.82, 2.24) is 16.0 Å². The first-order chi connectivity index (χ1) is 17.5. The van der Waals surface area contributed by atoms with Crippen molar-refractivity contribution in [2.45, 2.75) is 64.2 Å². The average Bonchev–Trinajstić information content (AvgIpc) is 2.87. The predicted octanol–water partition coefficient (Wildman–Crippen LogP) is 1.11. The highest BCUT2D eigenvalue weighted by molar-refractivity contribution is 5.94. The summed E-state index contributed by atoms with van der Waals surface area (Å²) in [6, 6.07) is 11.3. The summed E-state index contributed by atoms with van der Waals surface area (Å²) in [5.41, 5.74) is 7.64. The van der Waals surface area contributed by atoms with Gasteiger partial charge in [-0.25, -0.2) is 0 Å². The highest BCUT2D eigenvalue weighted by atomic mass is 16.4. The number of rotatable bonds is 13. The highest BCUT2D eigenvalue weighted by Crippen LogP contribution is 2.13. The fourth-order valence-electron chi connectivity index (χ4n) is 3.64. The van der Waals surface area contributed by atoms with Crippen LogP contribution in [0, 0.1) is 5.92 Å². The van der Waals surface area contributed by atoms with Crippen LogP contribution >= 0.6 is 0 Å². The van der Waals surface area contributed by atoms with Gasteiger partial charge in [0.2, 0.25) is 17.7 Å². The van der Waals surface area contributed by atoms with Gasteiger partial charge in [-0.3, -0.25) is 19.2 Å². The minimum absolute atomic E-state index is 0.0963. The second kappa shape index (κ2) is 14.0. The number of phenolic OH excluding ortho intramolecular Hbond substituents is 1. The summed E-state index contributed by atoms with van der Waals surface area (Å²) in [5, 5.41) is 26.4. The quantitative estimate of drug-likeness (QED) is 0.233. The number of carboxylic acid groups (broad SMARTS) is 1. The van der Waals surface area contributed by atoms with E-state index in [1.165, 1.54) is 19.1 Å². The Labute approximate surface area is 216 Å². The van der Waals surface area contributed by atoms with E-state index >= 15 is 0 Å². The van der Waals surface area contributed by atoms with Crippen molar-refractivity contribution in [1.29, 1.82) is 0 Å². The summed E-state index contributed by atoms with van der Waals surface area (Å²) < 4.78 is 0. The van der Waals surface area contributed by atoms with Gasteiger partial charge in [-0.1, -0.05) is 62.7 Å². The molecule has 3 amide bonds. The molecule has 0 saturated heterocycles. The number of nitrogens with two attached hydrogens (primary N) is 1. The Morgan fingerprint density at radius 3 is 1.97 bits per heavy atom. The number of amides is 3. The van der Waals surface area contributed by atoms with Gasteiger partial charge in [-0.15, -0.1) is 0 Å². The molecule has 0 saturated carbocycles. The number of carbonyl (C=O) groups is 4. The predicted molar refractivity (Wildman–Crippen MR) is 138 cm³/mol. The maximum Gasteiger partial charge on any atom is 0.325 e. The molecule has 0 radical (unpaired) electrons. The average molecular weight is 513 g/mol. The van der Waals surface area contributed by atoms with Crippen LogP contribution in [0.25, 0.3) is 0 Å². The Morgan fingerprint density at radius 2 is 1.41 bits per heavy atom. The molecule has 0 aliphatic carbocycles. The SMILES string of the molecule is CCC(C)C(NC(=O)C(Cc1ccccc1)NC(=O)C(N)Cc1ccc(O)cc1)C(=O)NC(C)C(=O)O. The zero-order valence-electron chi connectivity index (χ0n) is 21.3. The lowest BCUT2D eigenvalue weighted by molar-refractivity contribution is -0.142. The van der Waals surface area contributed by atoms with E-state index < -0.39 is 47.9 Å². The van der Waals surface area contributed by atoms with Crippen LogP contribution in [0.4, 0.5) is 0 Å². The van der Waals surface area contributed by atoms with Crippen LogP contribution in [0.2, 0.25) is 0 Å². The molecule has 0 bridgehead atoms. The van der Waals surface area contributed by atoms with Gasteiger partial charge >= 0.3 is 5.97 Å². The number of phenols is 1. The molecule has 10 heteroatoms. The van der Waals surface area contributed by atoms with Crippen molar-refractivity contribution < 1.29 is 29.4 Å². The molecule has 2 aromatic carbocycles. The summed E-state index contributed by atoms with van der Waals surface area (Å²) in [7, 11) is 0. The van der Waals surface area contributed by atoms with Gasteiger partial charge in [0, 0.05) is 6.42 Å². The monoisotopic (exact) mass is 512 g/mol. The molecular formula is C27H36N4O6. The van der Waals surface area contributed by atoms with E-state index in [2.05, 4.69) is 16.0 Å². The van der Waals surface area contributed by atoms with E-state index in [-0.39, 0.29) is 24.5 Å². The lowest BCUT2D eigenvalue weighted by atomic mass is 9.96. The summed E-state index contributed by atoms with van der Waals surface area (Å²) in [6.07, 6.45) is 0.897. The van der Waals surface area contributed by atoms with Crippen molar-refractivity contribution in [2.75, 3.05) is 0 Å². The van der Waals surface area contributed by atoms with Gasteiger partial charge in [-0.2, -0.15) is 0 Å². The van der Waals surface area contributed by atoms with Gasteiger partial charge in [0.25, 0.3) is 0 Å². The summed E-state index contributed by atoms with van der Waals surface area (Å²) >= 11 is 0. The van der Waals surface area contributed by atoms with E-state index in [1.54, 1.807) is 19.1 Å². The Hall–Kier alpha value is -3.92. The molecule has 37 heavy (non-hydrogen) atoms. The molecule has 200 valence electrons. The number of carboxylic acids is 1. The Bertz CT molecular complexity index is 1060. The fourth-order valence-corrected chi connectivity index (χ4v) is 3.64. The van der Waals surface area contributed by atoms with Crippen LogP contribution in [0.15, 0.2) is 54.6 Å². The number of nitrogens with one attached hydrogen (secondary N) is 3. The van der Waals surface area contributed by atoms with Crippen LogP contribution in [0.5, 0.6) is 5.75 Å². The Morgan fingerprint density at radius 1 is 0.811 bits per heavy atom. The molecule has 5 unspecified atom stereocenters. The highest BCUT2D eigenvalue weighted by Gasteiger charge is 2.32. The van der Waals surface area contributed by atoms with Gasteiger partial charge in [-0.05, 0) is 42.5 Å². The zero-order valence-corrected chi connectivity index (χ0v) is 21.3. The van der Waals surface area contributed by atoms with E-state index in [0.29, 0.717) is 6.42 Å². The summed E-state index contributed by atoms with van der Waals surface area (Å²) in [4.78, 5) is 50.3. The normalized spacial score (nSPS) is 14.9. The first kappa shape index (κ1) is 29.3. The van der Waals surface area contributed by atoms with E-state index in [9.17, 15) is 24.3 Å². The first-order valence-electron chi connectivity index (χ1n) is 12.2. The van der Waals surface area contributed by atoms with Crippen molar-refractivity contribution in [3.05, 3.63) is 65.7 Å². The Kier molecular flexibility index (Phi) is 11.1. The molecule has 10 nitrogen and oxygen atoms in total. The molecule has 0 spiro atoms. The van der Waals surface area contributed by atoms with E-state index in [1.807, 2.05) is 37.3 Å². The van der Waals surface area contributed by atoms with Gasteiger partial charge < -0.3 is 31.9 Å². The maximum atomic E-state index is 13.4. The fraction of sp³-hybridized carbons (Fsp3) is 0.407. The topological polar surface area (TPSA) is 171 Å². The number of aliphatic carboxylic acids is 1. The third-order valence-electron chi connectivity index (χ3n) is 6.17. The molecule has 7 N–H and O–H groups in total. The molecule has 2 aromatic rings. The van der Waals surface area contributed by atoms with Crippen molar-refractivity contribution in [3.8, 4) is 5.75 Å². The zero-order chi connectivity index (χ0) is 27.5. The summed E-state index contributed by atoms with van der Waals surface area (Å²) in [6.45, 7) is 4.96. The molecular weight excluding hydrogens is 476 g/mol. The largest absolute Gasteiger partial charge is 0.508 e. The molecule has 0 fully saturated rings. The van der Waals surface area contributed by atoms with Crippen LogP contribution < -0.4 is 21.7 Å².